The second kappa shape index (κ2) is 8.74. The van der Waals surface area contributed by atoms with Crippen molar-refractivity contribution in [3.05, 3.63) is 76.1 Å². The maximum atomic E-state index is 12.8. The largest absolute Gasteiger partial charge is 0.338 e. The van der Waals surface area contributed by atoms with E-state index in [2.05, 4.69) is 20.3 Å². The number of fused-ring (bicyclic) bond motifs is 1. The van der Waals surface area contributed by atoms with E-state index in [1.807, 2.05) is 0 Å². The molecule has 0 spiro atoms. The van der Waals surface area contributed by atoms with Crippen molar-refractivity contribution in [1.29, 1.82) is 0 Å². The summed E-state index contributed by atoms with van der Waals surface area (Å²) in [6.45, 7) is 0.939. The molecule has 4 aromatic rings. The normalized spacial score (nSPS) is 10.9. The molecule has 2 heterocycles. The molecular weight excluding hydrogens is 437 g/mol. The van der Waals surface area contributed by atoms with Crippen LogP contribution >= 0.6 is 11.6 Å². The van der Waals surface area contributed by atoms with Crippen molar-refractivity contribution in [2.45, 2.75) is 13.6 Å². The third-order valence-electron chi connectivity index (χ3n) is 4.85. The molecule has 0 bridgehead atoms. The van der Waals surface area contributed by atoms with Crippen LogP contribution in [0, 0.1) is 6.92 Å². The van der Waals surface area contributed by atoms with Gasteiger partial charge in [-0.1, -0.05) is 11.6 Å². The molecule has 0 saturated heterocycles. The summed E-state index contributed by atoms with van der Waals surface area (Å²) in [7, 11) is 0. The number of rotatable bonds is 5. The molecule has 0 saturated carbocycles. The molecule has 2 aromatic carbocycles. The molecule has 32 heavy (non-hydrogen) atoms. The van der Waals surface area contributed by atoms with Gasteiger partial charge < -0.3 is 10.3 Å². The van der Waals surface area contributed by atoms with Crippen molar-refractivity contribution in [1.82, 2.24) is 20.4 Å². The zero-order chi connectivity index (χ0) is 22.8. The number of carbonyl (C=O) groups excluding carboxylic acids is 2. The molecule has 2 aromatic heterocycles. The molecule has 0 unspecified atom stereocenters. The van der Waals surface area contributed by atoms with Crippen LogP contribution in [-0.4, -0.2) is 32.0 Å². The van der Waals surface area contributed by atoms with E-state index in [4.69, 9.17) is 16.8 Å². The van der Waals surface area contributed by atoms with Gasteiger partial charge in [0.2, 0.25) is 0 Å². The summed E-state index contributed by atoms with van der Waals surface area (Å²) in [5.41, 5.74) is 5.03. The molecule has 0 aliphatic heterocycles. The van der Waals surface area contributed by atoms with Gasteiger partial charge in [-0.3, -0.25) is 19.8 Å². The topological polar surface area (TPSA) is 120 Å². The van der Waals surface area contributed by atoms with Crippen LogP contribution < -0.4 is 10.8 Å². The smallest absolute Gasteiger partial charge is 0.274 e. The molecule has 0 fully saturated rings. The molecule has 0 aliphatic carbocycles. The summed E-state index contributed by atoms with van der Waals surface area (Å²) in [6.07, 6.45) is 0. The van der Waals surface area contributed by atoms with E-state index >= 15 is 0 Å². The Bertz CT molecular complexity index is 1350. The van der Waals surface area contributed by atoms with E-state index < -0.39 is 18.5 Å². The standard InChI is InChI=1S/C22H17ClFN5O3/c1-11-15(5-3-14(10-24)25-11)22(31)26-13-4-6-17(23)16(9-13)20-27-18-7-2-12(21(30)29-32)8-19(18)28-20/h2-9,32H,10H2,1H3,(H,26,31)(H,27,28)(H,29,30). The summed E-state index contributed by atoms with van der Waals surface area (Å²) in [5.74, 6) is -0.596. The number of aromatic amines is 1. The fraction of sp³-hybridized carbons (Fsp3) is 0.0909. The number of halogens is 2. The van der Waals surface area contributed by atoms with Crippen LogP contribution in [0.25, 0.3) is 22.4 Å². The first-order valence-electron chi connectivity index (χ1n) is 9.47. The lowest BCUT2D eigenvalue weighted by atomic mass is 10.1. The molecule has 0 radical (unpaired) electrons. The van der Waals surface area contributed by atoms with E-state index in [0.717, 1.165) is 0 Å². The third kappa shape index (κ3) is 4.16. The van der Waals surface area contributed by atoms with Crippen LogP contribution in [0.2, 0.25) is 5.02 Å². The Kier molecular flexibility index (Phi) is 5.85. The Morgan fingerprint density at radius 3 is 2.62 bits per heavy atom. The van der Waals surface area contributed by atoms with E-state index in [-0.39, 0.29) is 11.3 Å². The zero-order valence-corrected chi connectivity index (χ0v) is 17.5. The van der Waals surface area contributed by atoms with E-state index in [1.54, 1.807) is 42.7 Å². The van der Waals surface area contributed by atoms with Crippen LogP contribution in [-0.2, 0) is 6.67 Å². The summed E-state index contributed by atoms with van der Waals surface area (Å²) < 4.78 is 12.8. The quantitative estimate of drug-likeness (QED) is 0.263. The zero-order valence-electron chi connectivity index (χ0n) is 16.7. The van der Waals surface area contributed by atoms with Crippen LogP contribution in [0.3, 0.4) is 0 Å². The number of alkyl halides is 1. The Morgan fingerprint density at radius 2 is 1.91 bits per heavy atom. The summed E-state index contributed by atoms with van der Waals surface area (Å²) in [4.78, 5) is 36.0. The van der Waals surface area contributed by atoms with Crippen molar-refractivity contribution in [3.8, 4) is 11.4 Å². The molecule has 8 nitrogen and oxygen atoms in total. The molecule has 162 valence electrons. The first-order valence-corrected chi connectivity index (χ1v) is 9.85. The lowest BCUT2D eigenvalue weighted by Gasteiger charge is -2.10. The summed E-state index contributed by atoms with van der Waals surface area (Å²) >= 11 is 6.36. The molecule has 4 rings (SSSR count). The lowest BCUT2D eigenvalue weighted by Crippen LogP contribution is -2.18. The van der Waals surface area contributed by atoms with Crippen LogP contribution in [0.5, 0.6) is 0 Å². The predicted molar refractivity (Wildman–Crippen MR) is 118 cm³/mol. The summed E-state index contributed by atoms with van der Waals surface area (Å²) in [6, 6.07) is 12.7. The number of benzene rings is 2. The van der Waals surface area contributed by atoms with Gasteiger partial charge in [0.05, 0.1) is 33.0 Å². The molecule has 2 amide bonds. The van der Waals surface area contributed by atoms with Gasteiger partial charge in [0.15, 0.2) is 0 Å². The fourth-order valence-corrected chi connectivity index (χ4v) is 3.46. The first kappa shape index (κ1) is 21.4. The Morgan fingerprint density at radius 1 is 1.09 bits per heavy atom. The number of carbonyl (C=O) groups is 2. The number of aromatic nitrogens is 3. The summed E-state index contributed by atoms with van der Waals surface area (Å²) in [5, 5.41) is 12.0. The van der Waals surface area contributed by atoms with Crippen molar-refractivity contribution >= 4 is 40.1 Å². The van der Waals surface area contributed by atoms with E-state index in [9.17, 15) is 14.0 Å². The Hall–Kier alpha value is -3.82. The number of hydrogen-bond acceptors (Lipinski definition) is 5. The highest BCUT2D eigenvalue weighted by molar-refractivity contribution is 6.33. The molecule has 0 aliphatic rings. The number of imidazole rings is 1. The van der Waals surface area contributed by atoms with E-state index in [1.165, 1.54) is 18.2 Å². The van der Waals surface area contributed by atoms with Gasteiger partial charge in [-0.15, -0.1) is 0 Å². The molecule has 10 heteroatoms. The minimum Gasteiger partial charge on any atom is -0.338 e. The maximum Gasteiger partial charge on any atom is 0.274 e. The molecule has 4 N–H and O–H groups in total. The lowest BCUT2D eigenvalue weighted by molar-refractivity contribution is 0.0706. The van der Waals surface area contributed by atoms with E-state index in [0.29, 0.717) is 44.4 Å². The molecule has 0 atom stereocenters. The Balaban J connectivity index is 1.64. The highest BCUT2D eigenvalue weighted by Gasteiger charge is 2.15. The minimum atomic E-state index is -0.701. The third-order valence-corrected chi connectivity index (χ3v) is 5.18. The number of pyridine rings is 1. The number of H-pyrrole nitrogens is 1. The second-order valence-electron chi connectivity index (χ2n) is 6.98. The van der Waals surface area contributed by atoms with Crippen molar-refractivity contribution in [3.63, 3.8) is 0 Å². The number of nitrogens with zero attached hydrogens (tertiary/aromatic N) is 2. The number of hydrogen-bond donors (Lipinski definition) is 4. The Labute approximate surface area is 186 Å². The number of nitrogens with one attached hydrogen (secondary N) is 3. The predicted octanol–water partition coefficient (Wildman–Crippen LogP) is 4.43. The van der Waals surface area contributed by atoms with Crippen molar-refractivity contribution in [2.24, 2.45) is 0 Å². The maximum absolute atomic E-state index is 12.8. The van der Waals surface area contributed by atoms with Gasteiger partial charge in [0.1, 0.15) is 12.5 Å². The number of hydroxylamine groups is 1. The number of aryl methyl sites for hydroxylation is 1. The minimum absolute atomic E-state index is 0.255. The number of anilines is 1. The van der Waals surface area contributed by atoms with Gasteiger partial charge in [-0.2, -0.15) is 0 Å². The van der Waals surface area contributed by atoms with Crippen LogP contribution in [0.15, 0.2) is 48.5 Å². The van der Waals surface area contributed by atoms with Gasteiger partial charge in [0, 0.05) is 16.8 Å². The van der Waals surface area contributed by atoms with Crippen molar-refractivity contribution < 1.29 is 19.2 Å². The number of amides is 2. The fourth-order valence-electron chi connectivity index (χ4n) is 3.25. The van der Waals surface area contributed by atoms with Gasteiger partial charge in [-0.05, 0) is 55.5 Å². The second-order valence-corrected chi connectivity index (χ2v) is 7.38. The van der Waals surface area contributed by atoms with Crippen LogP contribution in [0.1, 0.15) is 32.1 Å². The van der Waals surface area contributed by atoms with Crippen LogP contribution in [0.4, 0.5) is 10.1 Å². The highest BCUT2D eigenvalue weighted by Crippen LogP contribution is 2.30. The van der Waals surface area contributed by atoms with Crippen molar-refractivity contribution in [2.75, 3.05) is 5.32 Å². The molecular formula is C22H17ClFN5O3. The van der Waals surface area contributed by atoms with Gasteiger partial charge in [0.25, 0.3) is 11.8 Å². The van der Waals surface area contributed by atoms with Gasteiger partial charge >= 0.3 is 0 Å². The first-order chi connectivity index (χ1) is 15.4. The van der Waals surface area contributed by atoms with Gasteiger partial charge in [-0.25, -0.2) is 14.9 Å². The average molecular weight is 454 g/mol. The highest BCUT2D eigenvalue weighted by atomic mass is 35.5. The average Bonchev–Trinajstić information content (AvgIpc) is 3.22. The monoisotopic (exact) mass is 453 g/mol. The SMILES string of the molecule is Cc1nc(CF)ccc1C(=O)Nc1ccc(Cl)c(-c2nc3ccc(C(=O)NO)cc3[nH]2)c1.